The summed E-state index contributed by atoms with van der Waals surface area (Å²) in [5, 5.41) is 5.34. The normalized spacial score (nSPS) is 18.3. The molecule has 1 atom stereocenters. The Morgan fingerprint density at radius 1 is 1.30 bits per heavy atom. The number of nitrogens with zero attached hydrogens (tertiary/aromatic N) is 1. The van der Waals surface area contributed by atoms with Crippen LogP contribution in [0, 0.1) is 6.92 Å². The molecule has 2 aromatic heterocycles. The lowest BCUT2D eigenvalue weighted by molar-refractivity contribution is -0.137. The number of hydrogen-bond acceptors (Lipinski definition) is 5. The van der Waals surface area contributed by atoms with Crippen LogP contribution in [0.25, 0.3) is 11.0 Å². The molecule has 3 heterocycles. The molecule has 0 spiro atoms. The van der Waals surface area contributed by atoms with E-state index in [4.69, 9.17) is 9.15 Å². The summed E-state index contributed by atoms with van der Waals surface area (Å²) < 4.78 is 78.0. The Morgan fingerprint density at radius 3 is 2.82 bits per heavy atom. The molecule has 2 N–H and O–H groups in total. The minimum atomic E-state index is -4.52. The van der Waals surface area contributed by atoms with Crippen molar-refractivity contribution in [3.8, 4) is 5.75 Å². The summed E-state index contributed by atoms with van der Waals surface area (Å²) in [6, 6.07) is 4.18. The lowest BCUT2D eigenvalue weighted by Gasteiger charge is -2.32. The van der Waals surface area contributed by atoms with Crippen LogP contribution in [0.1, 0.15) is 33.7 Å². The number of aromatic nitrogens is 1. The number of amides is 1. The van der Waals surface area contributed by atoms with Gasteiger partial charge in [0.05, 0.1) is 23.7 Å². The summed E-state index contributed by atoms with van der Waals surface area (Å²) >= 11 is 0. The van der Waals surface area contributed by atoms with Crippen molar-refractivity contribution in [2.75, 3.05) is 13.1 Å². The van der Waals surface area contributed by atoms with E-state index in [1.165, 1.54) is 24.4 Å². The first kappa shape index (κ1) is 23.0. The van der Waals surface area contributed by atoms with Gasteiger partial charge in [-0.3, -0.25) is 9.78 Å². The van der Waals surface area contributed by atoms with Gasteiger partial charge < -0.3 is 19.8 Å². The predicted molar refractivity (Wildman–Crippen MR) is 108 cm³/mol. The predicted octanol–water partition coefficient (Wildman–Crippen LogP) is 4.46. The third kappa shape index (κ3) is 4.92. The van der Waals surface area contributed by atoms with Gasteiger partial charge in [0, 0.05) is 23.3 Å². The number of halogens is 5. The molecular formula is C22H20F5N3O3. The highest BCUT2D eigenvalue weighted by Crippen LogP contribution is 2.32. The molecule has 176 valence electrons. The van der Waals surface area contributed by atoms with E-state index in [1.54, 1.807) is 6.92 Å². The first-order chi connectivity index (χ1) is 15.5. The topological polar surface area (TPSA) is 76.4 Å². The molecule has 1 unspecified atom stereocenters. The van der Waals surface area contributed by atoms with Gasteiger partial charge in [-0.05, 0) is 44.2 Å². The second kappa shape index (κ2) is 8.62. The van der Waals surface area contributed by atoms with E-state index in [0.717, 1.165) is 12.3 Å². The summed E-state index contributed by atoms with van der Waals surface area (Å²) in [5.41, 5.74) is -0.231. The molecule has 1 fully saturated rings. The van der Waals surface area contributed by atoms with E-state index < -0.39 is 36.2 Å². The van der Waals surface area contributed by atoms with Gasteiger partial charge in [-0.15, -0.1) is 0 Å². The molecule has 33 heavy (non-hydrogen) atoms. The van der Waals surface area contributed by atoms with Crippen LogP contribution in [0.5, 0.6) is 5.75 Å². The van der Waals surface area contributed by atoms with Crippen molar-refractivity contribution in [3.63, 3.8) is 0 Å². The zero-order valence-corrected chi connectivity index (χ0v) is 17.4. The molecular weight excluding hydrogens is 449 g/mol. The van der Waals surface area contributed by atoms with Crippen molar-refractivity contribution in [2.45, 2.75) is 38.1 Å². The number of rotatable bonds is 5. The first-order valence-corrected chi connectivity index (χ1v) is 10.1. The van der Waals surface area contributed by atoms with E-state index in [2.05, 4.69) is 15.6 Å². The molecule has 0 saturated carbocycles. The molecule has 1 amide bonds. The fourth-order valence-electron chi connectivity index (χ4n) is 3.70. The van der Waals surface area contributed by atoms with Gasteiger partial charge in [-0.2, -0.15) is 13.2 Å². The maximum absolute atomic E-state index is 14.1. The molecule has 1 aliphatic heterocycles. The van der Waals surface area contributed by atoms with Crippen LogP contribution in [0.15, 0.2) is 41.1 Å². The summed E-state index contributed by atoms with van der Waals surface area (Å²) in [7, 11) is 0. The second-order valence-corrected chi connectivity index (χ2v) is 7.81. The molecule has 0 aliphatic carbocycles. The number of fused-ring (bicyclic) bond motifs is 1. The number of hydrogen-bond donors (Lipinski definition) is 2. The van der Waals surface area contributed by atoms with E-state index >= 15 is 0 Å². The van der Waals surface area contributed by atoms with Crippen molar-refractivity contribution in [3.05, 3.63) is 59.1 Å². The van der Waals surface area contributed by atoms with Crippen LogP contribution in [0.3, 0.4) is 0 Å². The minimum absolute atomic E-state index is 0.0763. The van der Waals surface area contributed by atoms with Crippen molar-refractivity contribution in [1.29, 1.82) is 0 Å². The third-order valence-corrected chi connectivity index (χ3v) is 5.38. The van der Waals surface area contributed by atoms with Crippen LogP contribution in [0.2, 0.25) is 0 Å². The summed E-state index contributed by atoms with van der Waals surface area (Å²) in [5.74, 6) is -3.27. The molecule has 0 radical (unpaired) electrons. The number of piperidine rings is 1. The van der Waals surface area contributed by atoms with Crippen molar-refractivity contribution in [1.82, 2.24) is 15.6 Å². The van der Waals surface area contributed by atoms with Gasteiger partial charge in [0.1, 0.15) is 23.7 Å². The minimum Gasteiger partial charge on any atom is -0.489 e. The van der Waals surface area contributed by atoms with Crippen LogP contribution in [-0.4, -0.2) is 35.9 Å². The van der Waals surface area contributed by atoms with E-state index in [-0.39, 0.29) is 35.7 Å². The van der Waals surface area contributed by atoms with Gasteiger partial charge in [-0.1, -0.05) is 0 Å². The molecule has 1 aliphatic rings. The smallest absolute Gasteiger partial charge is 0.417 e. The molecule has 1 aromatic carbocycles. The van der Waals surface area contributed by atoms with Gasteiger partial charge in [0.25, 0.3) is 11.8 Å². The fraction of sp³-hybridized carbons (Fsp3) is 0.364. The number of nitrogens with one attached hydrogen (secondary N) is 2. The van der Waals surface area contributed by atoms with E-state index in [1.807, 2.05) is 0 Å². The number of aryl methyl sites for hydroxylation is 1. The molecule has 0 bridgehead atoms. The quantitative estimate of drug-likeness (QED) is 0.540. The highest BCUT2D eigenvalue weighted by molar-refractivity contribution is 6.07. The zero-order valence-electron chi connectivity index (χ0n) is 17.4. The Bertz CT molecular complexity index is 1180. The maximum Gasteiger partial charge on any atom is 0.417 e. The Labute approximate surface area is 185 Å². The number of ether oxygens (including phenoxy) is 1. The van der Waals surface area contributed by atoms with Gasteiger partial charge in [-0.25, -0.2) is 8.78 Å². The Kier molecular flexibility index (Phi) is 6.00. The number of benzene rings is 1. The Balaban J connectivity index is 1.54. The fourth-order valence-corrected chi connectivity index (χ4v) is 3.70. The summed E-state index contributed by atoms with van der Waals surface area (Å²) in [6.07, 6.45) is -2.47. The Hall–Kier alpha value is -3.21. The highest BCUT2D eigenvalue weighted by Gasteiger charge is 2.42. The maximum atomic E-state index is 14.1. The van der Waals surface area contributed by atoms with Gasteiger partial charge >= 0.3 is 6.18 Å². The van der Waals surface area contributed by atoms with Gasteiger partial charge in [0.2, 0.25) is 0 Å². The molecule has 4 rings (SSSR count). The number of pyridine rings is 1. The summed E-state index contributed by atoms with van der Waals surface area (Å²) in [4.78, 5) is 16.4. The first-order valence-electron chi connectivity index (χ1n) is 10.1. The SMILES string of the molecule is Cc1oc2ccc(OCc3cncc(C(F)(F)F)c3)cc2c1C(=O)NC1CCNCC1(F)F. The van der Waals surface area contributed by atoms with Crippen molar-refractivity contribution >= 4 is 16.9 Å². The molecule has 11 heteroatoms. The molecule has 1 saturated heterocycles. The second-order valence-electron chi connectivity index (χ2n) is 7.81. The average Bonchev–Trinajstić information content (AvgIpc) is 3.08. The van der Waals surface area contributed by atoms with Crippen LogP contribution < -0.4 is 15.4 Å². The van der Waals surface area contributed by atoms with E-state index in [9.17, 15) is 26.7 Å². The van der Waals surface area contributed by atoms with Crippen molar-refractivity contribution in [2.24, 2.45) is 0 Å². The lowest BCUT2D eigenvalue weighted by atomic mass is 10.0. The standard InChI is InChI=1S/C22H20F5N3O3/c1-12-19(20(31)30-18-4-5-28-11-21(18,23)24)16-7-15(2-3-17(16)33-12)32-10-13-6-14(9-29-8-13)22(25,26)27/h2-3,6-9,18,28H,4-5,10-11H2,1H3,(H,30,31). The highest BCUT2D eigenvalue weighted by atomic mass is 19.4. The van der Waals surface area contributed by atoms with E-state index in [0.29, 0.717) is 17.5 Å². The number of carbonyl (C=O) groups is 1. The molecule has 6 nitrogen and oxygen atoms in total. The van der Waals surface area contributed by atoms with Crippen LogP contribution in [0.4, 0.5) is 22.0 Å². The molecule has 3 aromatic rings. The van der Waals surface area contributed by atoms with Crippen LogP contribution in [-0.2, 0) is 12.8 Å². The largest absolute Gasteiger partial charge is 0.489 e. The van der Waals surface area contributed by atoms with Gasteiger partial charge in [0.15, 0.2) is 0 Å². The number of furan rings is 1. The number of alkyl halides is 5. The zero-order chi connectivity index (χ0) is 23.8. The Morgan fingerprint density at radius 2 is 2.09 bits per heavy atom. The monoisotopic (exact) mass is 469 g/mol. The van der Waals surface area contributed by atoms with Crippen molar-refractivity contribution < 1.29 is 35.9 Å². The van der Waals surface area contributed by atoms with Crippen LogP contribution >= 0.6 is 0 Å². The third-order valence-electron chi connectivity index (χ3n) is 5.38. The summed E-state index contributed by atoms with van der Waals surface area (Å²) in [6.45, 7) is 1.19. The average molecular weight is 469 g/mol. The number of carbonyl (C=O) groups excluding carboxylic acids is 1. The lowest BCUT2D eigenvalue weighted by Crippen LogP contribution is -2.57.